The normalized spacial score (nSPS) is 15.6. The summed E-state index contributed by atoms with van der Waals surface area (Å²) in [7, 11) is 0. The second-order valence-corrected chi connectivity index (χ2v) is 9.57. The number of hydrogen-bond donors (Lipinski definition) is 1. The van der Waals surface area contributed by atoms with E-state index in [-0.39, 0.29) is 17.6 Å². The van der Waals surface area contributed by atoms with Gasteiger partial charge >= 0.3 is 0 Å². The number of aromatic hydroxyl groups is 1. The molecule has 11 heteroatoms. The predicted octanol–water partition coefficient (Wildman–Crippen LogP) is 4.53. The highest BCUT2D eigenvalue weighted by molar-refractivity contribution is 7.17. The number of thiazole rings is 1. The molecule has 34 heavy (non-hydrogen) atoms. The largest absolute Gasteiger partial charge is 0.492 e. The molecule has 1 aliphatic rings. The molecule has 0 spiro atoms. The third-order valence-corrected chi connectivity index (χ3v) is 7.39. The van der Waals surface area contributed by atoms with E-state index in [1.54, 1.807) is 12.1 Å². The zero-order chi connectivity index (χ0) is 23.8. The minimum atomic E-state index is -0.407. The molecule has 4 aromatic rings. The fourth-order valence-corrected chi connectivity index (χ4v) is 5.66. The van der Waals surface area contributed by atoms with E-state index in [1.807, 2.05) is 31.2 Å². The molecule has 0 unspecified atom stereocenters. The SMILES string of the molecule is CCc1nc2sc([C@H](c3ccc([N+](=O)[O-])cc3)N3CCN(c4cccc(Cl)c4)CC3)c(O)n2n1. The molecule has 0 radical (unpaired) electrons. The molecule has 0 amide bonds. The molecule has 0 bridgehead atoms. The Morgan fingerprint density at radius 2 is 1.91 bits per heavy atom. The number of nitro benzene ring substituents is 1. The van der Waals surface area contributed by atoms with Gasteiger partial charge in [0.05, 0.1) is 15.8 Å². The summed E-state index contributed by atoms with van der Waals surface area (Å²) in [6.45, 7) is 5.01. The van der Waals surface area contributed by atoms with Gasteiger partial charge in [-0.1, -0.05) is 48.1 Å². The number of hydrogen-bond acceptors (Lipinski definition) is 8. The van der Waals surface area contributed by atoms with Gasteiger partial charge in [-0.15, -0.1) is 5.10 Å². The number of aryl methyl sites for hydroxylation is 1. The predicted molar refractivity (Wildman–Crippen MR) is 132 cm³/mol. The zero-order valence-electron chi connectivity index (χ0n) is 18.5. The van der Waals surface area contributed by atoms with Gasteiger partial charge in [0.15, 0.2) is 5.82 Å². The summed E-state index contributed by atoms with van der Waals surface area (Å²) < 4.78 is 1.49. The topological polar surface area (TPSA) is 100 Å². The van der Waals surface area contributed by atoms with Crippen molar-refractivity contribution in [3.8, 4) is 5.88 Å². The Morgan fingerprint density at radius 3 is 2.53 bits per heavy atom. The van der Waals surface area contributed by atoms with Crippen molar-refractivity contribution in [1.82, 2.24) is 19.5 Å². The number of nitro groups is 1. The van der Waals surface area contributed by atoms with Gasteiger partial charge in [-0.3, -0.25) is 15.0 Å². The maximum absolute atomic E-state index is 11.2. The van der Waals surface area contributed by atoms with Crippen molar-refractivity contribution in [2.24, 2.45) is 0 Å². The second kappa shape index (κ2) is 9.21. The number of benzene rings is 2. The van der Waals surface area contributed by atoms with E-state index in [4.69, 9.17) is 11.6 Å². The van der Waals surface area contributed by atoms with E-state index in [2.05, 4.69) is 19.9 Å². The lowest BCUT2D eigenvalue weighted by Crippen LogP contribution is -2.47. The molecule has 176 valence electrons. The first-order chi connectivity index (χ1) is 16.4. The van der Waals surface area contributed by atoms with Crippen LogP contribution in [0.15, 0.2) is 48.5 Å². The van der Waals surface area contributed by atoms with Crippen LogP contribution in [0.2, 0.25) is 5.02 Å². The second-order valence-electron chi connectivity index (χ2n) is 8.12. The number of nitrogens with zero attached hydrogens (tertiary/aromatic N) is 6. The van der Waals surface area contributed by atoms with E-state index < -0.39 is 4.92 Å². The van der Waals surface area contributed by atoms with Crippen LogP contribution in [-0.2, 0) is 6.42 Å². The van der Waals surface area contributed by atoms with E-state index >= 15 is 0 Å². The average molecular weight is 499 g/mol. The van der Waals surface area contributed by atoms with Gasteiger partial charge in [-0.2, -0.15) is 4.52 Å². The number of halogens is 1. The number of rotatable bonds is 6. The lowest BCUT2D eigenvalue weighted by atomic mass is 10.0. The molecule has 1 N–H and O–H groups in total. The van der Waals surface area contributed by atoms with Gasteiger partial charge < -0.3 is 10.0 Å². The minimum absolute atomic E-state index is 0.0349. The Kier molecular flexibility index (Phi) is 6.11. The Morgan fingerprint density at radius 1 is 1.18 bits per heavy atom. The standard InChI is InChI=1S/C23H23ClN6O3S/c1-2-19-25-23-29(26-19)22(31)21(34-23)20(15-6-8-17(9-7-15)30(32)33)28-12-10-27(11-13-28)18-5-3-4-16(24)14-18/h3-9,14,20,31H,2,10-13H2,1H3/t20-/m0/s1. The van der Waals surface area contributed by atoms with Crippen molar-refractivity contribution >= 4 is 39.3 Å². The van der Waals surface area contributed by atoms with Crippen LogP contribution in [0.4, 0.5) is 11.4 Å². The lowest BCUT2D eigenvalue weighted by Gasteiger charge is -2.40. The van der Waals surface area contributed by atoms with Crippen LogP contribution < -0.4 is 4.90 Å². The first-order valence-electron chi connectivity index (χ1n) is 11.0. The molecule has 1 saturated heterocycles. The Labute approximate surface area is 205 Å². The van der Waals surface area contributed by atoms with Crippen LogP contribution in [0.3, 0.4) is 0 Å². The van der Waals surface area contributed by atoms with Crippen molar-refractivity contribution in [1.29, 1.82) is 0 Å². The molecule has 1 aliphatic heterocycles. The molecule has 2 aromatic heterocycles. The molecule has 1 atom stereocenters. The highest BCUT2D eigenvalue weighted by Crippen LogP contribution is 2.41. The molecule has 2 aromatic carbocycles. The third kappa shape index (κ3) is 4.20. The van der Waals surface area contributed by atoms with Crippen molar-refractivity contribution in [2.45, 2.75) is 19.4 Å². The summed E-state index contributed by atoms with van der Waals surface area (Å²) in [6, 6.07) is 14.1. The maximum atomic E-state index is 11.2. The maximum Gasteiger partial charge on any atom is 0.269 e. The summed E-state index contributed by atoms with van der Waals surface area (Å²) in [5.74, 6) is 0.739. The van der Waals surface area contributed by atoms with Gasteiger partial charge in [0.25, 0.3) is 5.69 Å². The van der Waals surface area contributed by atoms with E-state index in [1.165, 1.54) is 28.0 Å². The van der Waals surface area contributed by atoms with Gasteiger partial charge in [0.1, 0.15) is 0 Å². The van der Waals surface area contributed by atoms with Crippen LogP contribution in [0.25, 0.3) is 4.96 Å². The number of aromatic nitrogens is 3. The van der Waals surface area contributed by atoms with Crippen molar-refractivity contribution in [3.05, 3.63) is 79.9 Å². The van der Waals surface area contributed by atoms with Crippen LogP contribution >= 0.6 is 22.9 Å². The Balaban J connectivity index is 1.48. The third-order valence-electron chi connectivity index (χ3n) is 6.08. The van der Waals surface area contributed by atoms with Gasteiger partial charge in [0.2, 0.25) is 10.8 Å². The van der Waals surface area contributed by atoms with Crippen LogP contribution in [-0.4, -0.2) is 55.7 Å². The zero-order valence-corrected chi connectivity index (χ0v) is 20.0. The number of fused-ring (bicyclic) bond motifs is 1. The Bertz CT molecular complexity index is 1330. The first kappa shape index (κ1) is 22.6. The monoisotopic (exact) mass is 498 g/mol. The molecular weight excluding hydrogens is 476 g/mol. The molecular formula is C23H23ClN6O3S. The fourth-order valence-electron chi connectivity index (χ4n) is 4.34. The van der Waals surface area contributed by atoms with E-state index in [0.717, 1.165) is 42.3 Å². The fraction of sp³-hybridized carbons (Fsp3) is 0.304. The van der Waals surface area contributed by atoms with Gasteiger partial charge in [0, 0.05) is 55.4 Å². The summed E-state index contributed by atoms with van der Waals surface area (Å²) in [6.07, 6.45) is 0.681. The van der Waals surface area contributed by atoms with Crippen LogP contribution in [0.1, 0.15) is 29.2 Å². The summed E-state index contributed by atoms with van der Waals surface area (Å²) in [5, 5.41) is 27.4. The van der Waals surface area contributed by atoms with E-state index in [0.29, 0.717) is 22.2 Å². The lowest BCUT2D eigenvalue weighted by molar-refractivity contribution is -0.384. The van der Waals surface area contributed by atoms with Crippen molar-refractivity contribution < 1.29 is 10.0 Å². The molecule has 3 heterocycles. The highest BCUT2D eigenvalue weighted by Gasteiger charge is 2.32. The summed E-state index contributed by atoms with van der Waals surface area (Å²) in [4.78, 5) is 21.2. The number of anilines is 1. The van der Waals surface area contributed by atoms with Gasteiger partial charge in [-0.25, -0.2) is 4.98 Å². The minimum Gasteiger partial charge on any atom is -0.492 e. The van der Waals surface area contributed by atoms with Crippen LogP contribution in [0, 0.1) is 10.1 Å². The molecule has 1 fully saturated rings. The number of piperazine rings is 1. The smallest absolute Gasteiger partial charge is 0.269 e. The molecule has 0 saturated carbocycles. The highest BCUT2D eigenvalue weighted by atomic mass is 35.5. The van der Waals surface area contributed by atoms with Gasteiger partial charge in [-0.05, 0) is 23.8 Å². The van der Waals surface area contributed by atoms with Crippen molar-refractivity contribution in [3.63, 3.8) is 0 Å². The Hall–Kier alpha value is -3.21. The molecule has 0 aliphatic carbocycles. The molecule has 9 nitrogen and oxygen atoms in total. The van der Waals surface area contributed by atoms with Crippen molar-refractivity contribution in [2.75, 3.05) is 31.1 Å². The first-order valence-corrected chi connectivity index (χ1v) is 12.2. The van der Waals surface area contributed by atoms with Crippen LogP contribution in [0.5, 0.6) is 5.88 Å². The molecule has 5 rings (SSSR count). The average Bonchev–Trinajstić information content (AvgIpc) is 3.39. The summed E-state index contributed by atoms with van der Waals surface area (Å²) in [5.41, 5.74) is 1.98. The number of non-ortho nitro benzene ring substituents is 1. The summed E-state index contributed by atoms with van der Waals surface area (Å²) >= 11 is 7.58. The van der Waals surface area contributed by atoms with E-state index in [9.17, 15) is 15.2 Å². The quantitative estimate of drug-likeness (QED) is 0.308.